The Labute approximate surface area is 247 Å². The van der Waals surface area contributed by atoms with E-state index in [4.69, 9.17) is 4.74 Å². The Balaban J connectivity index is 1.64. The van der Waals surface area contributed by atoms with Crippen LogP contribution >= 0.6 is 0 Å². The van der Waals surface area contributed by atoms with E-state index in [9.17, 15) is 18.3 Å². The number of anilines is 2. The monoisotopic (exact) mass is 587 g/mol. The van der Waals surface area contributed by atoms with Gasteiger partial charge in [-0.3, -0.25) is 4.90 Å². The first kappa shape index (κ1) is 28.5. The third-order valence-electron chi connectivity index (χ3n) is 9.11. The summed E-state index contributed by atoms with van der Waals surface area (Å²) >= 11 is 0. The first-order valence-corrected chi connectivity index (χ1v) is 15.6. The Hall–Kier alpha value is -3.66. The molecule has 0 saturated carbocycles. The zero-order valence-electron chi connectivity index (χ0n) is 24.6. The second-order valence-corrected chi connectivity index (χ2v) is 14.4. The van der Waals surface area contributed by atoms with E-state index in [2.05, 4.69) is 6.58 Å². The molecule has 1 unspecified atom stereocenters. The molecule has 3 heterocycles. The molecule has 0 radical (unpaired) electrons. The number of carbonyl (C=O) groups is 1. The summed E-state index contributed by atoms with van der Waals surface area (Å²) in [7, 11) is -2.16. The number of hydrogen-bond donors (Lipinski definition) is 1. The van der Waals surface area contributed by atoms with Crippen LogP contribution in [-0.4, -0.2) is 55.5 Å². The lowest BCUT2D eigenvalue weighted by Gasteiger charge is -2.63. The number of aliphatic hydroxyl groups excluding tert-OH is 1. The maximum Gasteiger partial charge on any atom is 0.416 e. The van der Waals surface area contributed by atoms with Gasteiger partial charge in [-0.2, -0.15) is 4.31 Å². The fourth-order valence-corrected chi connectivity index (χ4v) is 8.99. The van der Waals surface area contributed by atoms with Gasteiger partial charge in [-0.25, -0.2) is 13.2 Å². The number of likely N-dealkylation sites (N-methyl/N-ethyl adjacent to an activating group) is 1. The van der Waals surface area contributed by atoms with Crippen molar-refractivity contribution < 1.29 is 23.1 Å². The van der Waals surface area contributed by atoms with E-state index in [0.29, 0.717) is 17.7 Å². The van der Waals surface area contributed by atoms with Crippen LogP contribution in [0.15, 0.2) is 90.3 Å². The molecule has 8 nitrogen and oxygen atoms in total. The molecule has 3 aliphatic heterocycles. The van der Waals surface area contributed by atoms with Gasteiger partial charge in [-0.15, -0.1) is 6.58 Å². The second-order valence-electron chi connectivity index (χ2n) is 12.5. The molecule has 0 aliphatic carbocycles. The Kier molecular flexibility index (Phi) is 6.38. The highest BCUT2D eigenvalue weighted by atomic mass is 32.2. The summed E-state index contributed by atoms with van der Waals surface area (Å²) in [6.45, 7) is 11.7. The maximum atomic E-state index is 14.1. The molecule has 1 saturated heterocycles. The lowest BCUT2D eigenvalue weighted by atomic mass is 9.50. The number of amides is 1. The van der Waals surface area contributed by atoms with E-state index < -0.39 is 44.9 Å². The Morgan fingerprint density at radius 2 is 1.60 bits per heavy atom. The quantitative estimate of drug-likeness (QED) is 0.419. The van der Waals surface area contributed by atoms with Crippen molar-refractivity contribution in [3.05, 3.63) is 102 Å². The minimum Gasteiger partial charge on any atom is -0.443 e. The van der Waals surface area contributed by atoms with Crippen LogP contribution in [0.1, 0.15) is 43.9 Å². The van der Waals surface area contributed by atoms with Crippen molar-refractivity contribution in [2.24, 2.45) is 0 Å². The van der Waals surface area contributed by atoms with Gasteiger partial charge in [0.15, 0.2) is 0 Å². The summed E-state index contributed by atoms with van der Waals surface area (Å²) in [6.07, 6.45) is -0.639. The number of hydrogen-bond acceptors (Lipinski definition) is 6. The highest BCUT2D eigenvalue weighted by Crippen LogP contribution is 2.66. The fourth-order valence-electron chi connectivity index (χ4n) is 7.48. The number of aryl methyl sites for hydroxylation is 1. The first-order valence-electron chi connectivity index (χ1n) is 14.2. The summed E-state index contributed by atoms with van der Waals surface area (Å²) in [6, 6.07) is 21.9. The van der Waals surface area contributed by atoms with E-state index in [1.54, 1.807) is 35.2 Å². The van der Waals surface area contributed by atoms with Gasteiger partial charge in [0.05, 0.1) is 21.4 Å². The lowest BCUT2D eigenvalue weighted by molar-refractivity contribution is -0.0699. The molecular formula is C33H37N3O5S. The van der Waals surface area contributed by atoms with Gasteiger partial charge in [0, 0.05) is 19.3 Å². The Morgan fingerprint density at radius 1 is 1.00 bits per heavy atom. The first-order chi connectivity index (χ1) is 19.8. The minimum atomic E-state index is -4.09. The minimum absolute atomic E-state index is 0.0377. The second kappa shape index (κ2) is 9.42. The van der Waals surface area contributed by atoms with Gasteiger partial charge in [0.2, 0.25) is 10.0 Å². The third kappa shape index (κ3) is 3.66. The van der Waals surface area contributed by atoms with E-state index >= 15 is 0 Å². The topological polar surface area (TPSA) is 90.4 Å². The van der Waals surface area contributed by atoms with Crippen molar-refractivity contribution in [3.8, 4) is 0 Å². The van der Waals surface area contributed by atoms with Crippen LogP contribution in [0.3, 0.4) is 0 Å². The average molecular weight is 588 g/mol. The van der Waals surface area contributed by atoms with E-state index in [1.807, 2.05) is 88.2 Å². The molecule has 1 spiro atoms. The fraction of sp³-hybridized carbons (Fsp3) is 0.364. The Morgan fingerprint density at radius 3 is 2.21 bits per heavy atom. The standard InChI is InChI=1S/C33H37N3O5S/c1-7-32-25-13-9-11-15-27(25)36(30(38)41-31(3,4)5)28-33(32,24-12-8-10-14-26(24)34(28)6)20-21-35(29(32)37)42(39,40)23-18-16-22(2)17-19-23/h7-19,28-29,37H,1,20-21H2,2-6H3/t28-,29?,32+,33-/m0/s1. The lowest BCUT2D eigenvalue weighted by Crippen LogP contribution is -2.75. The van der Waals surface area contributed by atoms with Gasteiger partial charge in [0.1, 0.15) is 18.0 Å². The summed E-state index contributed by atoms with van der Waals surface area (Å²) in [4.78, 5) is 17.9. The number of para-hydroxylation sites is 2. The zero-order chi connectivity index (χ0) is 30.2. The van der Waals surface area contributed by atoms with Crippen LogP contribution in [0.2, 0.25) is 0 Å². The molecule has 42 heavy (non-hydrogen) atoms. The van der Waals surface area contributed by atoms with Gasteiger partial charge in [-0.05, 0) is 69.5 Å². The highest BCUT2D eigenvalue weighted by molar-refractivity contribution is 7.89. The molecule has 0 aromatic heterocycles. The van der Waals surface area contributed by atoms with Gasteiger partial charge >= 0.3 is 6.09 Å². The number of rotatable bonds is 3. The number of sulfonamides is 1. The number of carbonyl (C=O) groups excluding carboxylic acids is 1. The van der Waals surface area contributed by atoms with Crippen LogP contribution in [-0.2, 0) is 25.6 Å². The number of benzene rings is 3. The van der Waals surface area contributed by atoms with Crippen molar-refractivity contribution in [2.75, 3.05) is 23.4 Å². The molecule has 220 valence electrons. The Bertz CT molecular complexity index is 1680. The number of nitrogens with zero attached hydrogens (tertiary/aromatic N) is 3. The SMILES string of the molecule is C=C[C@]12c3ccccc3N(C(=O)OC(C)(C)C)[C@@H]3N(C)c4ccccc4[C@@]31CCN(S(=O)(=O)c1ccc(C)cc1)C2O. The average Bonchev–Trinajstić information content (AvgIpc) is 3.19. The van der Waals surface area contributed by atoms with Crippen LogP contribution in [0.5, 0.6) is 0 Å². The summed E-state index contributed by atoms with van der Waals surface area (Å²) in [5, 5.41) is 12.5. The van der Waals surface area contributed by atoms with Crippen LogP contribution in [0, 0.1) is 6.92 Å². The van der Waals surface area contributed by atoms with Crippen molar-refractivity contribution in [3.63, 3.8) is 0 Å². The number of ether oxygens (including phenoxy) is 1. The number of piperidine rings is 1. The molecule has 4 atom stereocenters. The van der Waals surface area contributed by atoms with E-state index in [0.717, 1.165) is 16.8 Å². The largest absolute Gasteiger partial charge is 0.443 e. The highest BCUT2D eigenvalue weighted by Gasteiger charge is 2.73. The predicted octanol–water partition coefficient (Wildman–Crippen LogP) is 5.30. The van der Waals surface area contributed by atoms with Crippen LogP contribution < -0.4 is 9.80 Å². The van der Waals surface area contributed by atoms with Gasteiger partial charge < -0.3 is 14.7 Å². The molecule has 1 amide bonds. The van der Waals surface area contributed by atoms with Crippen molar-refractivity contribution in [2.45, 2.75) is 67.8 Å². The van der Waals surface area contributed by atoms with Gasteiger partial charge in [-0.1, -0.05) is 60.2 Å². The molecule has 1 N–H and O–H groups in total. The molecule has 6 rings (SSSR count). The normalized spacial score (nSPS) is 27.0. The van der Waals surface area contributed by atoms with E-state index in [-0.39, 0.29) is 11.4 Å². The number of aliphatic hydroxyl groups is 1. The summed E-state index contributed by atoms with van der Waals surface area (Å²) < 4.78 is 35.4. The van der Waals surface area contributed by atoms with Crippen molar-refractivity contribution in [1.82, 2.24) is 4.31 Å². The molecular weight excluding hydrogens is 550 g/mol. The van der Waals surface area contributed by atoms with E-state index in [1.165, 1.54) is 4.31 Å². The van der Waals surface area contributed by atoms with Crippen molar-refractivity contribution >= 4 is 27.5 Å². The van der Waals surface area contributed by atoms with Gasteiger partial charge in [0.25, 0.3) is 0 Å². The molecule has 3 aliphatic rings. The molecule has 0 bridgehead atoms. The summed E-state index contributed by atoms with van der Waals surface area (Å²) in [5.41, 5.74) is 0.897. The van der Waals surface area contributed by atoms with Crippen LogP contribution in [0.4, 0.5) is 16.2 Å². The molecule has 3 aromatic rings. The van der Waals surface area contributed by atoms with Crippen molar-refractivity contribution in [1.29, 1.82) is 0 Å². The third-order valence-corrected chi connectivity index (χ3v) is 11.0. The molecule has 1 fully saturated rings. The summed E-state index contributed by atoms with van der Waals surface area (Å²) in [5.74, 6) is 0. The van der Waals surface area contributed by atoms with Crippen LogP contribution in [0.25, 0.3) is 0 Å². The predicted molar refractivity (Wildman–Crippen MR) is 163 cm³/mol. The number of fused-ring (bicyclic) bond motifs is 3. The zero-order valence-corrected chi connectivity index (χ0v) is 25.4. The molecule has 9 heteroatoms. The molecule has 3 aromatic carbocycles. The smallest absolute Gasteiger partial charge is 0.416 e. The maximum absolute atomic E-state index is 14.1.